The standard InChI is InChI=1S/C31H33ClO7S/c1-2-37-30(33)16-31(20-36-21-31)25-6-8-26(9-7-25)38-17-22-4-3-5-24(14-22)28-11-10-27(15-29(28)32)39-18-23-12-13-40(34,35)19-23/h3-11,14-15,23H,2,12-13,16-21H2,1H3. The topological polar surface area (TPSA) is 88.1 Å². The van der Waals surface area contributed by atoms with Crippen LogP contribution >= 0.6 is 11.6 Å². The van der Waals surface area contributed by atoms with E-state index in [0.717, 1.165) is 28.0 Å². The molecule has 2 fully saturated rings. The molecule has 3 aromatic carbocycles. The molecule has 9 heteroatoms. The first-order chi connectivity index (χ1) is 19.2. The van der Waals surface area contributed by atoms with Crippen LogP contribution in [0, 0.1) is 5.92 Å². The quantitative estimate of drug-likeness (QED) is 0.270. The summed E-state index contributed by atoms with van der Waals surface area (Å²) in [6, 6.07) is 21.4. The summed E-state index contributed by atoms with van der Waals surface area (Å²) in [7, 11) is -2.93. The molecule has 2 heterocycles. The van der Waals surface area contributed by atoms with Crippen molar-refractivity contribution < 1.29 is 32.2 Å². The van der Waals surface area contributed by atoms with E-state index in [0.29, 0.717) is 56.6 Å². The molecule has 1 atom stereocenters. The first-order valence-corrected chi connectivity index (χ1v) is 15.6. The number of hydrogen-bond acceptors (Lipinski definition) is 7. The number of benzene rings is 3. The van der Waals surface area contributed by atoms with Crippen LogP contribution in [0.25, 0.3) is 11.1 Å². The van der Waals surface area contributed by atoms with Crippen LogP contribution in [0.15, 0.2) is 66.7 Å². The van der Waals surface area contributed by atoms with Gasteiger partial charge in [-0.05, 0) is 66.4 Å². The average Bonchev–Trinajstić information content (AvgIpc) is 3.27. The molecular weight excluding hydrogens is 552 g/mol. The highest BCUT2D eigenvalue weighted by Gasteiger charge is 2.42. The van der Waals surface area contributed by atoms with Gasteiger partial charge < -0.3 is 18.9 Å². The number of halogens is 1. The molecule has 0 radical (unpaired) electrons. The van der Waals surface area contributed by atoms with Gasteiger partial charge in [-0.2, -0.15) is 0 Å². The summed E-state index contributed by atoms with van der Waals surface area (Å²) >= 11 is 6.60. The van der Waals surface area contributed by atoms with Crippen LogP contribution in [0.4, 0.5) is 0 Å². The fourth-order valence-electron chi connectivity index (χ4n) is 5.14. The number of rotatable bonds is 11. The maximum Gasteiger partial charge on any atom is 0.306 e. The van der Waals surface area contributed by atoms with Gasteiger partial charge >= 0.3 is 5.97 Å². The summed E-state index contributed by atoms with van der Waals surface area (Å²) in [6.07, 6.45) is 0.937. The molecule has 0 spiro atoms. The number of carbonyl (C=O) groups excluding carboxylic acids is 1. The molecule has 0 bridgehead atoms. The van der Waals surface area contributed by atoms with Crippen molar-refractivity contribution in [1.82, 2.24) is 0 Å². The van der Waals surface area contributed by atoms with Crippen LogP contribution in [-0.4, -0.2) is 52.3 Å². The monoisotopic (exact) mass is 584 g/mol. The van der Waals surface area contributed by atoms with Gasteiger partial charge in [0.15, 0.2) is 9.84 Å². The van der Waals surface area contributed by atoms with Crippen molar-refractivity contribution in [2.75, 3.05) is 37.9 Å². The van der Waals surface area contributed by atoms with Gasteiger partial charge in [-0.1, -0.05) is 41.9 Å². The third-order valence-electron chi connectivity index (χ3n) is 7.41. The molecule has 2 aliphatic heterocycles. The number of sulfone groups is 1. The molecule has 212 valence electrons. The third kappa shape index (κ3) is 6.79. The third-order valence-corrected chi connectivity index (χ3v) is 9.56. The Hall–Kier alpha value is -3.07. The number of ether oxygens (including phenoxy) is 4. The Morgan fingerprint density at radius 1 is 1.02 bits per heavy atom. The van der Waals surface area contributed by atoms with Gasteiger partial charge in [-0.25, -0.2) is 8.42 Å². The molecule has 2 aliphatic rings. The molecule has 0 amide bonds. The van der Waals surface area contributed by atoms with Crippen LogP contribution in [0.2, 0.25) is 5.02 Å². The zero-order valence-corrected chi connectivity index (χ0v) is 24.0. The lowest BCUT2D eigenvalue weighted by Gasteiger charge is -2.41. The molecule has 2 saturated heterocycles. The molecule has 5 rings (SSSR count). The molecule has 0 aromatic heterocycles. The van der Waals surface area contributed by atoms with Crippen LogP contribution < -0.4 is 9.47 Å². The fourth-order valence-corrected chi connectivity index (χ4v) is 7.26. The zero-order chi connectivity index (χ0) is 28.2. The summed E-state index contributed by atoms with van der Waals surface area (Å²) in [6.45, 7) is 3.92. The summed E-state index contributed by atoms with van der Waals surface area (Å²) in [4.78, 5) is 12.1. The Morgan fingerprint density at radius 3 is 2.45 bits per heavy atom. The van der Waals surface area contributed by atoms with Crippen molar-refractivity contribution in [3.05, 3.63) is 82.9 Å². The molecular formula is C31H33ClO7S. The number of esters is 1. The van der Waals surface area contributed by atoms with Crippen molar-refractivity contribution >= 4 is 27.4 Å². The highest BCUT2D eigenvalue weighted by atomic mass is 35.5. The molecule has 1 unspecified atom stereocenters. The Labute approximate surface area is 240 Å². The van der Waals surface area contributed by atoms with Crippen molar-refractivity contribution in [1.29, 1.82) is 0 Å². The van der Waals surface area contributed by atoms with E-state index in [2.05, 4.69) is 0 Å². The minimum absolute atomic E-state index is 0.0225. The second kappa shape index (κ2) is 12.2. The lowest BCUT2D eigenvalue weighted by Crippen LogP contribution is -2.48. The van der Waals surface area contributed by atoms with E-state index < -0.39 is 9.84 Å². The number of carbonyl (C=O) groups is 1. The largest absolute Gasteiger partial charge is 0.493 e. The highest BCUT2D eigenvalue weighted by molar-refractivity contribution is 7.91. The van der Waals surface area contributed by atoms with Gasteiger partial charge in [-0.3, -0.25) is 4.79 Å². The van der Waals surface area contributed by atoms with Crippen molar-refractivity contribution in [2.24, 2.45) is 5.92 Å². The van der Waals surface area contributed by atoms with E-state index in [1.807, 2.05) is 60.7 Å². The molecule has 3 aromatic rings. The second-order valence-electron chi connectivity index (χ2n) is 10.5. The van der Waals surface area contributed by atoms with E-state index in [4.69, 9.17) is 30.5 Å². The predicted octanol–water partition coefficient (Wildman–Crippen LogP) is 5.62. The first kappa shape index (κ1) is 28.5. The smallest absolute Gasteiger partial charge is 0.306 e. The molecule has 0 aliphatic carbocycles. The SMILES string of the molecule is CCOC(=O)CC1(c2ccc(OCc3cccc(-c4ccc(OCC5CCS(=O)(=O)C5)cc4Cl)c3)cc2)COC1. The summed E-state index contributed by atoms with van der Waals surface area (Å²) in [5.74, 6) is 1.58. The Bertz CT molecular complexity index is 1450. The average molecular weight is 585 g/mol. The van der Waals surface area contributed by atoms with Crippen molar-refractivity contribution in [2.45, 2.75) is 31.8 Å². The minimum atomic E-state index is -2.93. The minimum Gasteiger partial charge on any atom is -0.493 e. The predicted molar refractivity (Wildman–Crippen MR) is 154 cm³/mol. The molecule has 0 saturated carbocycles. The maximum absolute atomic E-state index is 12.1. The summed E-state index contributed by atoms with van der Waals surface area (Å²) < 4.78 is 45.8. The zero-order valence-electron chi connectivity index (χ0n) is 22.4. The molecule has 40 heavy (non-hydrogen) atoms. The van der Waals surface area contributed by atoms with Gasteiger partial charge in [0.25, 0.3) is 0 Å². The van der Waals surface area contributed by atoms with Gasteiger partial charge in [0.2, 0.25) is 0 Å². The van der Waals surface area contributed by atoms with E-state index in [1.165, 1.54) is 0 Å². The van der Waals surface area contributed by atoms with Gasteiger partial charge in [0.1, 0.15) is 18.1 Å². The van der Waals surface area contributed by atoms with Gasteiger partial charge in [0.05, 0.1) is 54.8 Å². The van der Waals surface area contributed by atoms with E-state index in [-0.39, 0.29) is 28.8 Å². The Morgan fingerprint density at radius 2 is 1.80 bits per heavy atom. The van der Waals surface area contributed by atoms with Gasteiger partial charge in [-0.15, -0.1) is 0 Å². The van der Waals surface area contributed by atoms with E-state index in [1.54, 1.807) is 13.0 Å². The summed E-state index contributed by atoms with van der Waals surface area (Å²) in [5.41, 5.74) is 3.53. The van der Waals surface area contributed by atoms with Gasteiger partial charge in [0, 0.05) is 11.5 Å². The van der Waals surface area contributed by atoms with Crippen molar-refractivity contribution in [3.8, 4) is 22.6 Å². The lowest BCUT2D eigenvalue weighted by molar-refractivity contribution is -0.151. The summed E-state index contributed by atoms with van der Waals surface area (Å²) in [5, 5.41) is 0.557. The van der Waals surface area contributed by atoms with Crippen LogP contribution in [0.5, 0.6) is 11.5 Å². The molecule has 7 nitrogen and oxygen atoms in total. The van der Waals surface area contributed by atoms with Crippen LogP contribution in [0.3, 0.4) is 0 Å². The molecule has 0 N–H and O–H groups in total. The Kier molecular flexibility index (Phi) is 8.68. The normalized spacial score (nSPS) is 19.0. The first-order valence-electron chi connectivity index (χ1n) is 13.4. The second-order valence-corrected chi connectivity index (χ2v) is 13.1. The highest BCUT2D eigenvalue weighted by Crippen LogP contribution is 2.37. The van der Waals surface area contributed by atoms with E-state index in [9.17, 15) is 13.2 Å². The Balaban J connectivity index is 1.19. The lowest BCUT2D eigenvalue weighted by atomic mass is 9.76. The van der Waals surface area contributed by atoms with E-state index >= 15 is 0 Å². The number of hydrogen-bond donors (Lipinski definition) is 0. The fraction of sp³-hybridized carbons (Fsp3) is 0.387. The maximum atomic E-state index is 12.1. The van der Waals surface area contributed by atoms with Crippen molar-refractivity contribution in [3.63, 3.8) is 0 Å². The van der Waals surface area contributed by atoms with Crippen LogP contribution in [0.1, 0.15) is 30.9 Å². The van der Waals surface area contributed by atoms with Crippen LogP contribution in [-0.2, 0) is 36.1 Å².